The molecule has 2 heterocycles. The fraction of sp³-hybridized carbons (Fsp3) is 0.368. The molecule has 27 heavy (non-hydrogen) atoms. The first-order valence-electron chi connectivity index (χ1n) is 8.84. The lowest BCUT2D eigenvalue weighted by molar-refractivity contribution is -0.116. The Bertz CT molecular complexity index is 764. The van der Waals surface area contributed by atoms with Crippen LogP contribution in [0.15, 0.2) is 42.9 Å². The topological polar surface area (TPSA) is 84.4 Å². The highest BCUT2D eigenvalue weighted by Gasteiger charge is 2.24. The second-order valence-corrected chi connectivity index (χ2v) is 6.28. The minimum atomic E-state index is -0.370. The van der Waals surface area contributed by atoms with Gasteiger partial charge in [0.1, 0.15) is 11.5 Å². The van der Waals surface area contributed by atoms with Crippen LogP contribution in [0.5, 0.6) is 0 Å². The maximum Gasteiger partial charge on any atom is 0.274 e. The third-order valence-electron chi connectivity index (χ3n) is 4.25. The summed E-state index contributed by atoms with van der Waals surface area (Å²) in [4.78, 5) is 34.5. The SMILES string of the molecule is O=C(CCN(CC1CCCO1)C(=O)c1cnccn1)Nc1ccc(F)cc1. The summed E-state index contributed by atoms with van der Waals surface area (Å²) in [5, 5.41) is 2.69. The maximum absolute atomic E-state index is 12.9. The number of hydrogen-bond donors (Lipinski definition) is 1. The van der Waals surface area contributed by atoms with Gasteiger partial charge in [0.15, 0.2) is 0 Å². The molecule has 0 saturated carbocycles. The lowest BCUT2D eigenvalue weighted by Crippen LogP contribution is -2.39. The van der Waals surface area contributed by atoms with E-state index in [2.05, 4.69) is 15.3 Å². The molecule has 1 aliphatic heterocycles. The number of carbonyl (C=O) groups excluding carboxylic acids is 2. The maximum atomic E-state index is 12.9. The van der Waals surface area contributed by atoms with E-state index in [0.29, 0.717) is 18.8 Å². The van der Waals surface area contributed by atoms with Crippen molar-refractivity contribution in [3.8, 4) is 0 Å². The molecule has 7 nitrogen and oxygen atoms in total. The highest BCUT2D eigenvalue weighted by molar-refractivity contribution is 5.93. The molecule has 0 aliphatic carbocycles. The van der Waals surface area contributed by atoms with Gasteiger partial charge in [0.2, 0.25) is 5.91 Å². The Morgan fingerprint density at radius 2 is 2.07 bits per heavy atom. The third kappa shape index (κ3) is 5.55. The van der Waals surface area contributed by atoms with Crippen LogP contribution >= 0.6 is 0 Å². The molecule has 8 heteroatoms. The Labute approximate surface area is 156 Å². The number of rotatable bonds is 7. The highest BCUT2D eigenvalue weighted by atomic mass is 19.1. The molecule has 1 atom stereocenters. The smallest absolute Gasteiger partial charge is 0.274 e. The zero-order valence-corrected chi connectivity index (χ0v) is 14.8. The number of halogens is 1. The Hall–Kier alpha value is -2.87. The summed E-state index contributed by atoms with van der Waals surface area (Å²) >= 11 is 0. The van der Waals surface area contributed by atoms with Gasteiger partial charge in [-0.15, -0.1) is 0 Å². The average Bonchev–Trinajstić information content (AvgIpc) is 3.20. The van der Waals surface area contributed by atoms with Crippen molar-refractivity contribution in [3.63, 3.8) is 0 Å². The van der Waals surface area contributed by atoms with Crippen LogP contribution in [0.25, 0.3) is 0 Å². The van der Waals surface area contributed by atoms with Gasteiger partial charge in [0.05, 0.1) is 12.3 Å². The minimum Gasteiger partial charge on any atom is -0.376 e. The number of carbonyl (C=O) groups is 2. The van der Waals surface area contributed by atoms with Gasteiger partial charge in [-0.2, -0.15) is 0 Å². The molecule has 0 bridgehead atoms. The molecule has 2 amide bonds. The van der Waals surface area contributed by atoms with Crippen molar-refractivity contribution >= 4 is 17.5 Å². The van der Waals surface area contributed by atoms with Crippen LogP contribution in [0.3, 0.4) is 0 Å². The van der Waals surface area contributed by atoms with Crippen LogP contribution in [0.4, 0.5) is 10.1 Å². The fourth-order valence-corrected chi connectivity index (χ4v) is 2.87. The Kier molecular flexibility index (Phi) is 6.43. The fourth-order valence-electron chi connectivity index (χ4n) is 2.87. The van der Waals surface area contributed by atoms with E-state index in [1.54, 1.807) is 4.90 Å². The van der Waals surface area contributed by atoms with Gasteiger partial charge in [-0.1, -0.05) is 0 Å². The predicted molar refractivity (Wildman–Crippen MR) is 96.6 cm³/mol. The average molecular weight is 372 g/mol. The van der Waals surface area contributed by atoms with E-state index < -0.39 is 0 Å². The van der Waals surface area contributed by atoms with Crippen LogP contribution in [-0.4, -0.2) is 52.5 Å². The Morgan fingerprint density at radius 1 is 1.26 bits per heavy atom. The molecular formula is C19H21FN4O3. The number of nitrogens with zero attached hydrogens (tertiary/aromatic N) is 3. The molecule has 1 N–H and O–H groups in total. The van der Waals surface area contributed by atoms with E-state index in [1.807, 2.05) is 0 Å². The summed E-state index contributed by atoms with van der Waals surface area (Å²) in [6.45, 7) is 1.31. The number of benzene rings is 1. The first-order chi connectivity index (χ1) is 13.1. The van der Waals surface area contributed by atoms with E-state index in [-0.39, 0.29) is 42.4 Å². The largest absolute Gasteiger partial charge is 0.376 e. The van der Waals surface area contributed by atoms with Crippen LogP contribution < -0.4 is 5.32 Å². The minimum absolute atomic E-state index is 0.0363. The number of hydrogen-bond acceptors (Lipinski definition) is 5. The number of ether oxygens (including phenoxy) is 1. The molecule has 1 saturated heterocycles. The molecular weight excluding hydrogens is 351 g/mol. The molecule has 0 spiro atoms. The van der Waals surface area contributed by atoms with Gasteiger partial charge in [-0.25, -0.2) is 9.37 Å². The number of nitrogens with one attached hydrogen (secondary N) is 1. The molecule has 142 valence electrons. The molecule has 1 aliphatic rings. The van der Waals surface area contributed by atoms with Crippen LogP contribution in [0, 0.1) is 5.82 Å². The van der Waals surface area contributed by atoms with Crippen molar-refractivity contribution in [3.05, 3.63) is 54.4 Å². The van der Waals surface area contributed by atoms with Crippen LogP contribution in [0.2, 0.25) is 0 Å². The van der Waals surface area contributed by atoms with Crippen LogP contribution in [-0.2, 0) is 9.53 Å². The van der Waals surface area contributed by atoms with Crippen molar-refractivity contribution < 1.29 is 18.7 Å². The van der Waals surface area contributed by atoms with Gasteiger partial charge < -0.3 is 15.0 Å². The Balaban J connectivity index is 1.60. The van der Waals surface area contributed by atoms with Gasteiger partial charge >= 0.3 is 0 Å². The molecule has 0 radical (unpaired) electrons. The first kappa shape index (κ1) is 18.9. The molecule has 1 fully saturated rings. The number of anilines is 1. The van der Waals surface area contributed by atoms with Crippen molar-refractivity contribution in [2.75, 3.05) is 25.0 Å². The van der Waals surface area contributed by atoms with Crippen molar-refractivity contribution in [1.82, 2.24) is 14.9 Å². The summed E-state index contributed by atoms with van der Waals surface area (Å²) in [6.07, 6.45) is 6.27. The zero-order chi connectivity index (χ0) is 19.1. The summed E-state index contributed by atoms with van der Waals surface area (Å²) in [5.74, 6) is -0.913. The third-order valence-corrected chi connectivity index (χ3v) is 4.25. The van der Waals surface area contributed by atoms with Gasteiger partial charge in [0.25, 0.3) is 5.91 Å². The molecule has 1 unspecified atom stereocenters. The quantitative estimate of drug-likeness (QED) is 0.806. The van der Waals surface area contributed by atoms with E-state index in [4.69, 9.17) is 4.74 Å². The Morgan fingerprint density at radius 3 is 2.74 bits per heavy atom. The normalized spacial score (nSPS) is 16.1. The summed E-state index contributed by atoms with van der Waals surface area (Å²) in [6, 6.07) is 5.53. The number of aromatic nitrogens is 2. The van der Waals surface area contributed by atoms with Crippen molar-refractivity contribution in [2.45, 2.75) is 25.4 Å². The van der Waals surface area contributed by atoms with Crippen molar-refractivity contribution in [1.29, 1.82) is 0 Å². The monoisotopic (exact) mass is 372 g/mol. The zero-order valence-electron chi connectivity index (χ0n) is 14.8. The molecule has 3 rings (SSSR count). The summed E-state index contributed by atoms with van der Waals surface area (Å²) in [5.41, 5.74) is 0.738. The lowest BCUT2D eigenvalue weighted by Gasteiger charge is -2.25. The van der Waals surface area contributed by atoms with Gasteiger partial charge in [-0.05, 0) is 37.1 Å². The van der Waals surface area contributed by atoms with E-state index in [1.165, 1.54) is 42.9 Å². The summed E-state index contributed by atoms with van der Waals surface area (Å²) < 4.78 is 18.6. The molecule has 1 aromatic carbocycles. The first-order valence-corrected chi connectivity index (χ1v) is 8.84. The van der Waals surface area contributed by atoms with E-state index in [9.17, 15) is 14.0 Å². The van der Waals surface area contributed by atoms with Crippen molar-refractivity contribution in [2.24, 2.45) is 0 Å². The second-order valence-electron chi connectivity index (χ2n) is 6.28. The highest BCUT2D eigenvalue weighted by Crippen LogP contribution is 2.15. The predicted octanol–water partition coefficient (Wildman–Crippen LogP) is 2.27. The lowest BCUT2D eigenvalue weighted by atomic mass is 10.2. The van der Waals surface area contributed by atoms with Crippen LogP contribution in [0.1, 0.15) is 29.8 Å². The summed E-state index contributed by atoms with van der Waals surface area (Å²) in [7, 11) is 0. The van der Waals surface area contributed by atoms with E-state index >= 15 is 0 Å². The standard InChI is InChI=1S/C19H21FN4O3/c20-14-3-5-15(6-4-14)23-18(25)7-10-24(13-16-2-1-11-27-16)19(26)17-12-21-8-9-22-17/h3-6,8-9,12,16H,1-2,7,10-11,13H2,(H,23,25). The molecule has 1 aromatic heterocycles. The molecule has 2 aromatic rings. The van der Waals surface area contributed by atoms with Gasteiger partial charge in [0, 0.05) is 44.2 Å². The number of amides is 2. The second kappa shape index (κ2) is 9.18. The van der Waals surface area contributed by atoms with E-state index in [0.717, 1.165) is 12.8 Å². The van der Waals surface area contributed by atoms with Gasteiger partial charge in [-0.3, -0.25) is 14.6 Å².